The molecule has 0 saturated heterocycles. The topological polar surface area (TPSA) is 92.5 Å². The fraction of sp³-hybridized carbons (Fsp3) is 0.133. The highest BCUT2D eigenvalue weighted by molar-refractivity contribution is 5.97. The molecule has 0 aromatic heterocycles. The van der Waals surface area contributed by atoms with Crippen molar-refractivity contribution in [2.24, 2.45) is 0 Å². The van der Waals surface area contributed by atoms with E-state index in [0.717, 1.165) is 11.6 Å². The van der Waals surface area contributed by atoms with Gasteiger partial charge in [0.05, 0.1) is 16.5 Å². The van der Waals surface area contributed by atoms with Crippen molar-refractivity contribution in [2.45, 2.75) is 12.8 Å². The highest BCUT2D eigenvalue weighted by Gasteiger charge is 2.18. The third-order valence-electron chi connectivity index (χ3n) is 3.14. The lowest BCUT2D eigenvalue weighted by Crippen LogP contribution is -2.18. The molecule has 0 spiro atoms. The Morgan fingerprint density at radius 3 is 2.52 bits per heavy atom. The average Bonchev–Trinajstić information content (AvgIpc) is 2.49. The molecule has 2 rings (SSSR count). The Morgan fingerprint density at radius 1 is 1.24 bits per heavy atom. The van der Waals surface area contributed by atoms with Crippen LogP contribution in [0.15, 0.2) is 48.5 Å². The van der Waals surface area contributed by atoms with Crippen molar-refractivity contribution in [3.8, 4) is 5.75 Å². The lowest BCUT2D eigenvalue weighted by Gasteiger charge is -2.13. The summed E-state index contributed by atoms with van der Waals surface area (Å²) in [6.45, 7) is 1.72. The third kappa shape index (κ3) is 3.36. The van der Waals surface area contributed by atoms with Gasteiger partial charge >= 0.3 is 0 Å². The summed E-state index contributed by atoms with van der Waals surface area (Å²) in [5, 5.41) is 22.9. The molecule has 21 heavy (non-hydrogen) atoms. The van der Waals surface area contributed by atoms with E-state index in [-0.39, 0.29) is 23.0 Å². The summed E-state index contributed by atoms with van der Waals surface area (Å²) in [5.41, 5.74) is 0.646. The minimum absolute atomic E-state index is 0.0250. The number of hydrogen-bond donors (Lipinski definition) is 2. The molecule has 2 N–H and O–H groups in total. The van der Waals surface area contributed by atoms with Crippen LogP contribution in [0.5, 0.6) is 5.75 Å². The molecule has 108 valence electrons. The summed E-state index contributed by atoms with van der Waals surface area (Å²) in [5.74, 6) is -1.00. The lowest BCUT2D eigenvalue weighted by molar-refractivity contribution is -0.384. The van der Waals surface area contributed by atoms with E-state index in [2.05, 4.69) is 5.32 Å². The first-order valence-electron chi connectivity index (χ1n) is 6.32. The second kappa shape index (κ2) is 6.04. The lowest BCUT2D eigenvalue weighted by atomic mass is 10.0. The Labute approximate surface area is 121 Å². The molecule has 0 radical (unpaired) electrons. The first-order valence-corrected chi connectivity index (χ1v) is 6.32. The summed E-state index contributed by atoms with van der Waals surface area (Å²) < 4.78 is 0. The van der Waals surface area contributed by atoms with Crippen LogP contribution < -0.4 is 5.32 Å². The standard InChI is InChI=1S/C15H14N2O4/c1-10(11-5-3-2-4-6-11)15(19)16-13-9-12(17(20)21)7-8-14(13)18/h2-10,18H,1H3,(H,16,19). The Bertz CT molecular complexity index is 671. The van der Waals surface area contributed by atoms with E-state index in [9.17, 15) is 20.0 Å². The molecule has 0 heterocycles. The second-order valence-corrected chi connectivity index (χ2v) is 4.58. The van der Waals surface area contributed by atoms with Crippen LogP contribution in [-0.2, 0) is 4.79 Å². The number of carbonyl (C=O) groups excluding carboxylic acids is 1. The number of nitro groups is 1. The smallest absolute Gasteiger partial charge is 0.271 e. The first-order chi connectivity index (χ1) is 9.99. The SMILES string of the molecule is CC(C(=O)Nc1cc([N+](=O)[O-])ccc1O)c1ccccc1. The maximum Gasteiger partial charge on any atom is 0.271 e. The zero-order valence-corrected chi connectivity index (χ0v) is 11.3. The Kier molecular flexibility index (Phi) is 4.18. The molecular weight excluding hydrogens is 272 g/mol. The van der Waals surface area contributed by atoms with Crippen LogP contribution in [0.2, 0.25) is 0 Å². The van der Waals surface area contributed by atoms with Crippen molar-refractivity contribution in [3.63, 3.8) is 0 Å². The second-order valence-electron chi connectivity index (χ2n) is 4.58. The molecule has 6 nitrogen and oxygen atoms in total. The van der Waals surface area contributed by atoms with Gasteiger partial charge in [-0.1, -0.05) is 30.3 Å². The van der Waals surface area contributed by atoms with Crippen LogP contribution in [0.25, 0.3) is 0 Å². The van der Waals surface area contributed by atoms with Crippen molar-refractivity contribution >= 4 is 17.3 Å². The number of phenolic OH excluding ortho intramolecular Hbond substituents is 1. The number of anilines is 1. The molecule has 0 saturated carbocycles. The van der Waals surface area contributed by atoms with Gasteiger partial charge in [-0.3, -0.25) is 14.9 Å². The number of carbonyl (C=O) groups is 1. The number of rotatable bonds is 4. The number of benzene rings is 2. The van der Waals surface area contributed by atoms with Gasteiger partial charge in [-0.25, -0.2) is 0 Å². The summed E-state index contributed by atoms with van der Waals surface area (Å²) >= 11 is 0. The van der Waals surface area contributed by atoms with Gasteiger partial charge in [0.15, 0.2) is 0 Å². The molecule has 6 heteroatoms. The summed E-state index contributed by atoms with van der Waals surface area (Å²) in [6, 6.07) is 12.6. The van der Waals surface area contributed by atoms with E-state index in [4.69, 9.17) is 0 Å². The highest BCUT2D eigenvalue weighted by atomic mass is 16.6. The molecule has 0 aliphatic rings. The van der Waals surface area contributed by atoms with Gasteiger partial charge < -0.3 is 10.4 Å². The predicted octanol–water partition coefficient (Wildman–Crippen LogP) is 3.04. The number of aromatic hydroxyl groups is 1. The number of nitro benzene ring substituents is 1. The van der Waals surface area contributed by atoms with Gasteiger partial charge in [-0.2, -0.15) is 0 Å². The number of phenols is 1. The molecule has 0 aliphatic carbocycles. The summed E-state index contributed by atoms with van der Waals surface area (Å²) in [7, 11) is 0. The summed E-state index contributed by atoms with van der Waals surface area (Å²) in [4.78, 5) is 22.3. The van der Waals surface area contributed by atoms with Gasteiger partial charge in [0.1, 0.15) is 5.75 Å². The van der Waals surface area contributed by atoms with E-state index >= 15 is 0 Å². The predicted molar refractivity (Wildman–Crippen MR) is 78.2 cm³/mol. The first kappa shape index (κ1) is 14.5. The Hall–Kier alpha value is -2.89. The maximum atomic E-state index is 12.2. The molecule has 2 aromatic rings. The van der Waals surface area contributed by atoms with Gasteiger partial charge in [0, 0.05) is 12.1 Å². The zero-order valence-electron chi connectivity index (χ0n) is 11.3. The molecular formula is C15H14N2O4. The van der Waals surface area contributed by atoms with Gasteiger partial charge in [-0.05, 0) is 18.6 Å². The fourth-order valence-electron chi connectivity index (χ4n) is 1.87. The largest absolute Gasteiger partial charge is 0.506 e. The van der Waals surface area contributed by atoms with Crippen LogP contribution in [0, 0.1) is 10.1 Å². The van der Waals surface area contributed by atoms with Gasteiger partial charge in [-0.15, -0.1) is 0 Å². The molecule has 1 atom stereocenters. The van der Waals surface area contributed by atoms with Crippen molar-refractivity contribution < 1.29 is 14.8 Å². The molecule has 0 bridgehead atoms. The van der Waals surface area contributed by atoms with Gasteiger partial charge in [0.25, 0.3) is 5.69 Å². The quantitative estimate of drug-likeness (QED) is 0.513. The Balaban J connectivity index is 2.20. The molecule has 2 aromatic carbocycles. The van der Waals surface area contributed by atoms with Crippen LogP contribution >= 0.6 is 0 Å². The van der Waals surface area contributed by atoms with Crippen molar-refractivity contribution in [2.75, 3.05) is 5.32 Å². The van der Waals surface area contributed by atoms with Crippen molar-refractivity contribution in [1.82, 2.24) is 0 Å². The number of amides is 1. The molecule has 1 unspecified atom stereocenters. The number of non-ortho nitro benzene ring substituents is 1. The van der Waals surface area contributed by atoms with Crippen LogP contribution in [0.4, 0.5) is 11.4 Å². The highest BCUT2D eigenvalue weighted by Crippen LogP contribution is 2.29. The molecule has 0 aliphatic heterocycles. The van der Waals surface area contributed by atoms with Crippen molar-refractivity contribution in [1.29, 1.82) is 0 Å². The van der Waals surface area contributed by atoms with E-state index < -0.39 is 10.8 Å². The normalized spacial score (nSPS) is 11.7. The molecule has 1 amide bonds. The minimum atomic E-state index is -0.588. The van der Waals surface area contributed by atoms with Gasteiger partial charge in [0.2, 0.25) is 5.91 Å². The maximum absolute atomic E-state index is 12.2. The number of nitrogens with one attached hydrogen (secondary N) is 1. The fourth-order valence-corrected chi connectivity index (χ4v) is 1.87. The number of nitrogens with zero attached hydrogens (tertiary/aromatic N) is 1. The average molecular weight is 286 g/mol. The van der Waals surface area contributed by atoms with Crippen LogP contribution in [0.3, 0.4) is 0 Å². The van der Waals surface area contributed by atoms with Crippen molar-refractivity contribution in [3.05, 3.63) is 64.2 Å². The van der Waals surface area contributed by atoms with E-state index in [1.165, 1.54) is 12.1 Å². The monoisotopic (exact) mass is 286 g/mol. The minimum Gasteiger partial charge on any atom is -0.506 e. The number of hydrogen-bond acceptors (Lipinski definition) is 4. The van der Waals surface area contributed by atoms with Crippen LogP contribution in [0.1, 0.15) is 18.4 Å². The molecule has 0 fully saturated rings. The zero-order chi connectivity index (χ0) is 15.4. The van der Waals surface area contributed by atoms with E-state index in [1.54, 1.807) is 6.92 Å². The van der Waals surface area contributed by atoms with E-state index in [1.807, 2.05) is 30.3 Å². The summed E-state index contributed by atoms with van der Waals surface area (Å²) in [6.07, 6.45) is 0. The van der Waals surface area contributed by atoms with E-state index in [0.29, 0.717) is 0 Å². The third-order valence-corrected chi connectivity index (χ3v) is 3.14. The van der Waals surface area contributed by atoms with Crippen LogP contribution in [-0.4, -0.2) is 15.9 Å². The Morgan fingerprint density at radius 2 is 1.90 bits per heavy atom.